The molecule has 0 atom stereocenters. The van der Waals surface area contributed by atoms with Gasteiger partial charge in [0, 0.05) is 32.9 Å². The second kappa shape index (κ2) is 9.69. The lowest BCUT2D eigenvalue weighted by Crippen LogP contribution is -1.95. The van der Waals surface area contributed by atoms with Crippen LogP contribution in [0.4, 0.5) is 0 Å². The molecule has 10 aromatic rings. The molecule has 0 fully saturated rings. The zero-order valence-corrected chi connectivity index (χ0v) is 25.1. The van der Waals surface area contributed by atoms with Crippen LogP contribution in [0.15, 0.2) is 170 Å². The van der Waals surface area contributed by atoms with Crippen LogP contribution >= 0.6 is 0 Å². The van der Waals surface area contributed by atoms with Gasteiger partial charge in [0.05, 0.1) is 22.1 Å². The lowest BCUT2D eigenvalue weighted by atomic mass is 10.00. The quantitative estimate of drug-likeness (QED) is 0.195. The van der Waals surface area contributed by atoms with E-state index in [9.17, 15) is 0 Å². The molecule has 0 spiro atoms. The maximum absolute atomic E-state index is 2.45. The number of benzene rings is 8. The van der Waals surface area contributed by atoms with Crippen LogP contribution in [0.5, 0.6) is 0 Å². The highest BCUT2D eigenvalue weighted by Gasteiger charge is 2.18. The normalized spacial score (nSPS) is 11.9. The van der Waals surface area contributed by atoms with Crippen LogP contribution in [0, 0.1) is 0 Å². The summed E-state index contributed by atoms with van der Waals surface area (Å²) in [5.74, 6) is 0. The molecule has 8 aromatic carbocycles. The van der Waals surface area contributed by atoms with Crippen LogP contribution in [-0.4, -0.2) is 9.13 Å². The number of para-hydroxylation sites is 2. The van der Waals surface area contributed by atoms with Crippen LogP contribution in [0.25, 0.3) is 87.7 Å². The lowest BCUT2D eigenvalue weighted by molar-refractivity contribution is 1.18. The van der Waals surface area contributed by atoms with E-state index in [2.05, 4.69) is 179 Å². The van der Waals surface area contributed by atoms with Crippen molar-refractivity contribution in [1.82, 2.24) is 9.13 Å². The van der Waals surface area contributed by atoms with E-state index in [1.165, 1.54) is 82.0 Å². The second-order valence-electron chi connectivity index (χ2n) is 12.2. The molecular formula is C44H28N2. The first-order valence-electron chi connectivity index (χ1n) is 15.9. The minimum atomic E-state index is 1.16. The molecule has 10 rings (SSSR count). The van der Waals surface area contributed by atoms with Crippen molar-refractivity contribution in [2.75, 3.05) is 0 Å². The minimum absolute atomic E-state index is 1.16. The van der Waals surface area contributed by atoms with Crippen molar-refractivity contribution >= 4 is 65.2 Å². The molecule has 46 heavy (non-hydrogen) atoms. The van der Waals surface area contributed by atoms with Crippen molar-refractivity contribution in [2.45, 2.75) is 0 Å². The fourth-order valence-corrected chi connectivity index (χ4v) is 7.66. The molecule has 0 aliphatic rings. The molecule has 2 nitrogen and oxygen atoms in total. The summed E-state index contributed by atoms with van der Waals surface area (Å²) in [4.78, 5) is 0. The summed E-state index contributed by atoms with van der Waals surface area (Å²) in [6, 6.07) is 62.0. The Kier molecular flexibility index (Phi) is 5.31. The van der Waals surface area contributed by atoms with E-state index in [1.54, 1.807) is 0 Å². The number of rotatable bonds is 3. The SMILES string of the molecule is c1ccc(-n2c3ccccc3c3ccc(-c4cccc(-n5c6ccc7ccccc7c6c6c7ccccc7ccc65)c4)cc32)cc1. The van der Waals surface area contributed by atoms with Crippen molar-refractivity contribution in [1.29, 1.82) is 0 Å². The fourth-order valence-electron chi connectivity index (χ4n) is 7.66. The highest BCUT2D eigenvalue weighted by molar-refractivity contribution is 6.28. The Bertz CT molecular complexity index is 2700. The van der Waals surface area contributed by atoms with E-state index in [4.69, 9.17) is 0 Å². The van der Waals surface area contributed by atoms with Gasteiger partial charge >= 0.3 is 0 Å². The number of hydrogen-bond donors (Lipinski definition) is 0. The predicted molar refractivity (Wildman–Crippen MR) is 196 cm³/mol. The van der Waals surface area contributed by atoms with E-state index < -0.39 is 0 Å². The third-order valence-corrected chi connectivity index (χ3v) is 9.67. The first-order chi connectivity index (χ1) is 22.8. The van der Waals surface area contributed by atoms with Crippen molar-refractivity contribution in [2.24, 2.45) is 0 Å². The lowest BCUT2D eigenvalue weighted by Gasteiger charge is -2.12. The maximum atomic E-state index is 2.45. The van der Waals surface area contributed by atoms with Gasteiger partial charge in [-0.3, -0.25) is 0 Å². The second-order valence-corrected chi connectivity index (χ2v) is 12.2. The van der Waals surface area contributed by atoms with Gasteiger partial charge in [-0.15, -0.1) is 0 Å². The Morgan fingerprint density at radius 3 is 1.54 bits per heavy atom. The van der Waals surface area contributed by atoms with Gasteiger partial charge in [-0.05, 0) is 81.2 Å². The Labute approximate surface area is 266 Å². The largest absolute Gasteiger partial charge is 0.309 e. The summed E-state index contributed by atoms with van der Waals surface area (Å²) in [7, 11) is 0. The molecule has 2 aromatic heterocycles. The molecule has 0 bridgehead atoms. The fraction of sp³-hybridized carbons (Fsp3) is 0. The molecule has 0 amide bonds. The summed E-state index contributed by atoms with van der Waals surface area (Å²) < 4.78 is 4.84. The summed E-state index contributed by atoms with van der Waals surface area (Å²) in [5.41, 5.74) is 9.61. The van der Waals surface area contributed by atoms with Crippen LogP contribution < -0.4 is 0 Å². The molecule has 0 radical (unpaired) electrons. The van der Waals surface area contributed by atoms with Crippen molar-refractivity contribution in [3.05, 3.63) is 170 Å². The van der Waals surface area contributed by atoms with Crippen LogP contribution in [0.1, 0.15) is 0 Å². The van der Waals surface area contributed by atoms with E-state index >= 15 is 0 Å². The predicted octanol–water partition coefficient (Wildman–Crippen LogP) is 11.9. The summed E-state index contributed by atoms with van der Waals surface area (Å²) in [6.45, 7) is 0. The number of fused-ring (bicyclic) bond motifs is 10. The molecule has 0 aliphatic carbocycles. The summed E-state index contributed by atoms with van der Waals surface area (Å²) >= 11 is 0. The molecule has 0 saturated heterocycles. The average Bonchev–Trinajstić information content (AvgIpc) is 3.65. The molecular weight excluding hydrogens is 556 g/mol. The van der Waals surface area contributed by atoms with Gasteiger partial charge in [0.25, 0.3) is 0 Å². The summed E-state index contributed by atoms with van der Waals surface area (Å²) in [5, 5.41) is 10.3. The van der Waals surface area contributed by atoms with Gasteiger partial charge in [0.1, 0.15) is 0 Å². The molecule has 2 heteroatoms. The maximum Gasteiger partial charge on any atom is 0.0547 e. The first-order valence-corrected chi connectivity index (χ1v) is 15.9. The Hall–Kier alpha value is -6.12. The van der Waals surface area contributed by atoms with Crippen molar-refractivity contribution < 1.29 is 0 Å². The van der Waals surface area contributed by atoms with Gasteiger partial charge < -0.3 is 9.13 Å². The standard InChI is InChI=1S/C44H28N2/c1-2-14-33(15-3-1)45-39-20-9-8-19-37(39)38-24-21-32(28-42(38)45)31-13-10-16-34(27-31)46-40-25-22-29-11-4-6-17-35(29)43(40)44-36-18-7-5-12-30(36)23-26-41(44)46/h1-28H. The van der Waals surface area contributed by atoms with Crippen LogP contribution in [-0.2, 0) is 0 Å². The van der Waals surface area contributed by atoms with Gasteiger partial charge in [-0.1, -0.05) is 121 Å². The Morgan fingerprint density at radius 2 is 0.826 bits per heavy atom. The molecule has 0 unspecified atom stereocenters. The van der Waals surface area contributed by atoms with Crippen LogP contribution in [0.2, 0.25) is 0 Å². The van der Waals surface area contributed by atoms with Crippen LogP contribution in [0.3, 0.4) is 0 Å². The molecule has 0 N–H and O–H groups in total. The number of hydrogen-bond acceptors (Lipinski definition) is 0. The van der Waals surface area contributed by atoms with Gasteiger partial charge in [0.2, 0.25) is 0 Å². The zero-order valence-electron chi connectivity index (χ0n) is 25.1. The van der Waals surface area contributed by atoms with E-state index in [0.717, 1.165) is 5.69 Å². The molecule has 0 aliphatic heterocycles. The molecule has 214 valence electrons. The van der Waals surface area contributed by atoms with Gasteiger partial charge in [0.15, 0.2) is 0 Å². The van der Waals surface area contributed by atoms with E-state index in [-0.39, 0.29) is 0 Å². The van der Waals surface area contributed by atoms with Crippen molar-refractivity contribution in [3.8, 4) is 22.5 Å². The average molecular weight is 585 g/mol. The molecule has 0 saturated carbocycles. The van der Waals surface area contributed by atoms with E-state index in [1.807, 2.05) is 0 Å². The highest BCUT2D eigenvalue weighted by Crippen LogP contribution is 2.41. The smallest absolute Gasteiger partial charge is 0.0547 e. The molecule has 2 heterocycles. The Balaban J connectivity index is 1.23. The summed E-state index contributed by atoms with van der Waals surface area (Å²) in [6.07, 6.45) is 0. The minimum Gasteiger partial charge on any atom is -0.309 e. The van der Waals surface area contributed by atoms with Gasteiger partial charge in [-0.2, -0.15) is 0 Å². The third-order valence-electron chi connectivity index (χ3n) is 9.67. The first kappa shape index (κ1) is 25.2. The topological polar surface area (TPSA) is 9.86 Å². The van der Waals surface area contributed by atoms with Gasteiger partial charge in [-0.25, -0.2) is 0 Å². The monoisotopic (exact) mass is 584 g/mol. The number of aromatic nitrogens is 2. The Morgan fingerprint density at radius 1 is 0.283 bits per heavy atom. The highest BCUT2D eigenvalue weighted by atomic mass is 15.0. The van der Waals surface area contributed by atoms with Crippen molar-refractivity contribution in [3.63, 3.8) is 0 Å². The zero-order chi connectivity index (χ0) is 30.2. The third kappa shape index (κ3) is 3.59. The number of nitrogens with zero attached hydrogens (tertiary/aromatic N) is 2. The van der Waals surface area contributed by atoms with E-state index in [0.29, 0.717) is 0 Å².